The first-order chi connectivity index (χ1) is 13.0. The van der Waals surface area contributed by atoms with Gasteiger partial charge in [0.05, 0.1) is 10.5 Å². The van der Waals surface area contributed by atoms with E-state index in [1.165, 1.54) is 35.6 Å². The monoisotopic (exact) mass is 378 g/mol. The molecule has 1 N–H and O–H groups in total. The molecule has 1 amide bonds. The highest BCUT2D eigenvalue weighted by atomic mass is 32.1. The molecule has 0 spiro atoms. The summed E-state index contributed by atoms with van der Waals surface area (Å²) in [5, 5.41) is 32.8. The third kappa shape index (κ3) is 3.86. The molecule has 1 aromatic heterocycles. The Morgan fingerprint density at radius 2 is 2.07 bits per heavy atom. The van der Waals surface area contributed by atoms with Crippen LogP contribution in [0.1, 0.15) is 34.4 Å². The summed E-state index contributed by atoms with van der Waals surface area (Å²) in [6, 6.07) is 9.65. The van der Waals surface area contributed by atoms with Gasteiger partial charge in [-0.3, -0.25) is 14.9 Å². The lowest BCUT2D eigenvalue weighted by molar-refractivity contribution is -0.384. The van der Waals surface area contributed by atoms with Gasteiger partial charge in [0, 0.05) is 17.0 Å². The topological polar surface area (TPSA) is 120 Å². The van der Waals surface area contributed by atoms with Crippen LogP contribution in [0, 0.1) is 32.8 Å². The molecule has 0 aliphatic heterocycles. The lowest BCUT2D eigenvalue weighted by Gasteiger charge is -2.09. The average molecular weight is 378 g/mol. The Balaban J connectivity index is 1.88. The molecule has 2 aromatic rings. The van der Waals surface area contributed by atoms with Crippen LogP contribution >= 0.6 is 11.3 Å². The Hall–Kier alpha value is -3.49. The maximum atomic E-state index is 12.5. The summed E-state index contributed by atoms with van der Waals surface area (Å²) in [5.74, 6) is -0.640. The number of hydrogen-bond donors (Lipinski definition) is 1. The molecule has 3 rings (SSSR count). The Labute approximate surface area is 159 Å². The zero-order valence-electron chi connectivity index (χ0n) is 14.2. The van der Waals surface area contributed by atoms with Crippen molar-refractivity contribution in [3.8, 4) is 12.1 Å². The van der Waals surface area contributed by atoms with Crippen LogP contribution in [0.4, 0.5) is 10.7 Å². The van der Waals surface area contributed by atoms with Crippen molar-refractivity contribution in [3.05, 3.63) is 61.5 Å². The number of amides is 1. The number of non-ortho nitro benzene ring substituents is 1. The molecule has 0 fully saturated rings. The first-order valence-electron chi connectivity index (χ1n) is 8.25. The molecule has 0 bridgehead atoms. The van der Waals surface area contributed by atoms with Crippen LogP contribution in [0.25, 0.3) is 6.08 Å². The normalized spacial score (nSPS) is 13.2. The average Bonchev–Trinajstić information content (AvgIpc) is 3.03. The second kappa shape index (κ2) is 7.81. The summed E-state index contributed by atoms with van der Waals surface area (Å²) < 4.78 is 0. The van der Waals surface area contributed by atoms with Gasteiger partial charge < -0.3 is 5.32 Å². The van der Waals surface area contributed by atoms with Crippen molar-refractivity contribution < 1.29 is 9.72 Å². The van der Waals surface area contributed by atoms with E-state index >= 15 is 0 Å². The second-order valence-electron chi connectivity index (χ2n) is 6.00. The number of fused-ring (bicyclic) bond motifs is 1. The van der Waals surface area contributed by atoms with Gasteiger partial charge in [-0.15, -0.1) is 11.3 Å². The number of rotatable bonds is 4. The first kappa shape index (κ1) is 18.3. The Bertz CT molecular complexity index is 1040. The number of thiophene rings is 1. The van der Waals surface area contributed by atoms with Crippen LogP contribution in [0.3, 0.4) is 0 Å². The zero-order chi connectivity index (χ0) is 19.4. The highest BCUT2D eigenvalue weighted by Crippen LogP contribution is 2.37. The molecule has 0 atom stereocenters. The van der Waals surface area contributed by atoms with E-state index < -0.39 is 10.8 Å². The van der Waals surface area contributed by atoms with Crippen molar-refractivity contribution in [1.82, 2.24) is 0 Å². The van der Waals surface area contributed by atoms with E-state index in [1.807, 2.05) is 6.07 Å². The molecule has 134 valence electrons. The third-order valence-electron chi connectivity index (χ3n) is 4.27. The van der Waals surface area contributed by atoms with Gasteiger partial charge in [0.2, 0.25) is 0 Å². The SMILES string of the molecule is N#C/C(=C\c1cccc([N+](=O)[O-])c1)C(=O)Nc1sc2c(c1C#N)CCCC2. The number of benzene rings is 1. The van der Waals surface area contributed by atoms with E-state index in [1.54, 1.807) is 6.07 Å². The van der Waals surface area contributed by atoms with E-state index in [0.717, 1.165) is 36.1 Å². The molecule has 0 radical (unpaired) electrons. The third-order valence-corrected chi connectivity index (χ3v) is 5.47. The van der Waals surface area contributed by atoms with Crippen molar-refractivity contribution >= 4 is 34.0 Å². The number of carbonyl (C=O) groups excluding carboxylic acids is 1. The molecular formula is C19H14N4O3S. The minimum Gasteiger partial charge on any atom is -0.312 e. The van der Waals surface area contributed by atoms with E-state index in [4.69, 9.17) is 0 Å². The van der Waals surface area contributed by atoms with Gasteiger partial charge in [0.25, 0.3) is 11.6 Å². The van der Waals surface area contributed by atoms with E-state index in [2.05, 4.69) is 11.4 Å². The second-order valence-corrected chi connectivity index (χ2v) is 7.11. The number of nitriles is 2. The number of nitrogens with one attached hydrogen (secondary N) is 1. The number of nitrogens with zero attached hydrogens (tertiary/aromatic N) is 3. The van der Waals surface area contributed by atoms with Crippen molar-refractivity contribution in [3.63, 3.8) is 0 Å². The molecule has 27 heavy (non-hydrogen) atoms. The van der Waals surface area contributed by atoms with Crippen LogP contribution in [0.2, 0.25) is 0 Å². The predicted octanol–water partition coefficient (Wildman–Crippen LogP) is 3.95. The number of hydrogen-bond acceptors (Lipinski definition) is 6. The maximum absolute atomic E-state index is 12.5. The Morgan fingerprint density at radius 1 is 1.30 bits per heavy atom. The molecule has 1 aliphatic carbocycles. The van der Waals surface area contributed by atoms with Gasteiger partial charge in [0.15, 0.2) is 0 Å². The van der Waals surface area contributed by atoms with Crippen molar-refractivity contribution in [1.29, 1.82) is 10.5 Å². The van der Waals surface area contributed by atoms with Gasteiger partial charge in [-0.2, -0.15) is 10.5 Å². The van der Waals surface area contributed by atoms with Crippen LogP contribution in [0.15, 0.2) is 29.8 Å². The molecule has 1 heterocycles. The van der Waals surface area contributed by atoms with Crippen molar-refractivity contribution in [2.24, 2.45) is 0 Å². The number of nitro groups is 1. The Morgan fingerprint density at radius 3 is 2.78 bits per heavy atom. The van der Waals surface area contributed by atoms with Crippen LogP contribution in [-0.4, -0.2) is 10.8 Å². The number of aryl methyl sites for hydroxylation is 1. The van der Waals surface area contributed by atoms with Crippen LogP contribution < -0.4 is 5.32 Å². The highest BCUT2D eigenvalue weighted by Gasteiger charge is 2.22. The van der Waals surface area contributed by atoms with E-state index in [-0.39, 0.29) is 11.3 Å². The van der Waals surface area contributed by atoms with Crippen LogP contribution in [0.5, 0.6) is 0 Å². The summed E-state index contributed by atoms with van der Waals surface area (Å²) in [7, 11) is 0. The number of carbonyl (C=O) groups is 1. The summed E-state index contributed by atoms with van der Waals surface area (Å²) in [6.45, 7) is 0. The Kier molecular flexibility index (Phi) is 5.30. The van der Waals surface area contributed by atoms with Crippen molar-refractivity contribution in [2.45, 2.75) is 25.7 Å². The summed E-state index contributed by atoms with van der Waals surface area (Å²) in [6.07, 6.45) is 5.07. The molecule has 0 saturated carbocycles. The predicted molar refractivity (Wildman–Crippen MR) is 101 cm³/mol. The van der Waals surface area contributed by atoms with E-state index in [0.29, 0.717) is 16.1 Å². The summed E-state index contributed by atoms with van der Waals surface area (Å²) in [4.78, 5) is 23.9. The number of anilines is 1. The zero-order valence-corrected chi connectivity index (χ0v) is 15.0. The summed E-state index contributed by atoms with van der Waals surface area (Å²) in [5.41, 5.74) is 1.52. The van der Waals surface area contributed by atoms with Crippen LogP contribution in [-0.2, 0) is 17.6 Å². The van der Waals surface area contributed by atoms with E-state index in [9.17, 15) is 25.4 Å². The molecular weight excluding hydrogens is 364 g/mol. The quantitative estimate of drug-likeness (QED) is 0.374. The molecule has 8 heteroatoms. The van der Waals surface area contributed by atoms with Gasteiger partial charge in [-0.05, 0) is 42.9 Å². The van der Waals surface area contributed by atoms with Gasteiger partial charge in [-0.25, -0.2) is 0 Å². The molecule has 7 nitrogen and oxygen atoms in total. The minimum atomic E-state index is -0.640. The standard InChI is InChI=1S/C19H14N4O3S/c20-10-13(8-12-4-3-5-14(9-12)23(25)26)18(24)22-19-16(11-21)15-6-1-2-7-17(15)27-19/h3-5,8-9H,1-2,6-7H2,(H,22,24)/b13-8+. The largest absolute Gasteiger partial charge is 0.312 e. The lowest BCUT2D eigenvalue weighted by atomic mass is 9.96. The highest BCUT2D eigenvalue weighted by molar-refractivity contribution is 7.16. The summed E-state index contributed by atoms with van der Waals surface area (Å²) >= 11 is 1.38. The number of nitro benzene ring substituents is 1. The van der Waals surface area contributed by atoms with Gasteiger partial charge in [0.1, 0.15) is 22.7 Å². The molecule has 0 saturated heterocycles. The smallest absolute Gasteiger partial charge is 0.270 e. The van der Waals surface area contributed by atoms with Crippen molar-refractivity contribution in [2.75, 3.05) is 5.32 Å². The van der Waals surface area contributed by atoms with Gasteiger partial charge in [-0.1, -0.05) is 12.1 Å². The lowest BCUT2D eigenvalue weighted by Crippen LogP contribution is -2.13. The first-order valence-corrected chi connectivity index (χ1v) is 9.07. The minimum absolute atomic E-state index is 0.126. The fourth-order valence-electron chi connectivity index (χ4n) is 2.99. The van der Waals surface area contributed by atoms with Gasteiger partial charge >= 0.3 is 0 Å². The fourth-order valence-corrected chi connectivity index (χ4v) is 4.22. The maximum Gasteiger partial charge on any atom is 0.270 e. The fraction of sp³-hybridized carbons (Fsp3) is 0.211. The molecule has 0 unspecified atom stereocenters. The molecule has 1 aromatic carbocycles. The molecule has 1 aliphatic rings.